The van der Waals surface area contributed by atoms with Crippen LogP contribution in [0.2, 0.25) is 0 Å². The number of anilines is 1. The second-order valence-electron chi connectivity index (χ2n) is 4.15. The van der Waals surface area contributed by atoms with E-state index in [4.69, 9.17) is 9.84 Å². The third kappa shape index (κ3) is 4.00. The molecule has 0 bridgehead atoms. The number of carbonyl (C=O) groups is 2. The molecule has 1 aromatic heterocycles. The summed E-state index contributed by atoms with van der Waals surface area (Å²) in [6.07, 6.45) is 2.30. The van der Waals surface area contributed by atoms with Gasteiger partial charge in [-0.2, -0.15) is 0 Å². The van der Waals surface area contributed by atoms with Crippen molar-refractivity contribution in [3.8, 4) is 5.75 Å². The Morgan fingerprint density at radius 2 is 2.00 bits per heavy atom. The maximum atomic E-state index is 11.9. The number of hydrogen-bond acceptors (Lipinski definition) is 5. The Kier molecular flexibility index (Phi) is 4.45. The number of nitrogens with one attached hydrogen (secondary N) is 1. The lowest BCUT2D eigenvalue weighted by molar-refractivity contribution is -0.115. The fraction of sp³-hybridized carbons (Fsp3) is 0.143. The number of rotatable bonds is 5. The van der Waals surface area contributed by atoms with Crippen LogP contribution in [0.25, 0.3) is 0 Å². The molecular weight excluding hydrogens is 274 g/mol. The van der Waals surface area contributed by atoms with E-state index in [1.54, 1.807) is 31.4 Å². The largest absolute Gasteiger partial charge is 0.497 e. The summed E-state index contributed by atoms with van der Waals surface area (Å²) in [7, 11) is 1.54. The molecule has 0 saturated carbocycles. The Labute approximate surface area is 120 Å². The smallest absolute Gasteiger partial charge is 0.338 e. The monoisotopic (exact) mass is 287 g/mol. The van der Waals surface area contributed by atoms with Gasteiger partial charge in [-0.05, 0) is 12.1 Å². The highest BCUT2D eigenvalue weighted by atomic mass is 16.5. The molecule has 7 nitrogen and oxygen atoms in total. The predicted octanol–water partition coefficient (Wildman–Crippen LogP) is 1.36. The minimum Gasteiger partial charge on any atom is -0.497 e. The SMILES string of the molecule is COc1cccc(NC(=O)Cc2ncc(C(=O)O)cn2)c1. The molecule has 0 spiro atoms. The van der Waals surface area contributed by atoms with E-state index in [2.05, 4.69) is 15.3 Å². The van der Waals surface area contributed by atoms with Gasteiger partial charge in [0.2, 0.25) is 5.91 Å². The van der Waals surface area contributed by atoms with Gasteiger partial charge in [-0.15, -0.1) is 0 Å². The van der Waals surface area contributed by atoms with Crippen LogP contribution in [0.1, 0.15) is 16.2 Å². The van der Waals surface area contributed by atoms with Crippen molar-refractivity contribution < 1.29 is 19.4 Å². The zero-order valence-corrected chi connectivity index (χ0v) is 11.2. The number of methoxy groups -OCH3 is 1. The lowest BCUT2D eigenvalue weighted by Crippen LogP contribution is -2.16. The van der Waals surface area contributed by atoms with Crippen LogP contribution >= 0.6 is 0 Å². The van der Waals surface area contributed by atoms with E-state index in [9.17, 15) is 9.59 Å². The summed E-state index contributed by atoms with van der Waals surface area (Å²) in [5.41, 5.74) is 0.577. The highest BCUT2D eigenvalue weighted by Gasteiger charge is 2.09. The van der Waals surface area contributed by atoms with Gasteiger partial charge in [0.15, 0.2) is 0 Å². The van der Waals surface area contributed by atoms with E-state index in [0.717, 1.165) is 0 Å². The molecule has 7 heteroatoms. The fourth-order valence-electron chi connectivity index (χ4n) is 1.61. The standard InChI is InChI=1S/C14H13N3O4/c1-21-11-4-2-3-10(5-11)17-13(18)6-12-15-7-9(8-16-12)14(19)20/h2-5,7-8H,6H2,1H3,(H,17,18)(H,19,20). The first-order valence-electron chi connectivity index (χ1n) is 6.06. The van der Waals surface area contributed by atoms with Crippen molar-refractivity contribution in [2.24, 2.45) is 0 Å². The van der Waals surface area contributed by atoms with Gasteiger partial charge >= 0.3 is 5.97 Å². The predicted molar refractivity (Wildman–Crippen MR) is 74.3 cm³/mol. The molecule has 21 heavy (non-hydrogen) atoms. The number of carbonyl (C=O) groups excluding carboxylic acids is 1. The molecule has 0 unspecified atom stereocenters. The Hall–Kier alpha value is -2.96. The van der Waals surface area contributed by atoms with Crippen molar-refractivity contribution >= 4 is 17.6 Å². The van der Waals surface area contributed by atoms with E-state index < -0.39 is 5.97 Å². The van der Waals surface area contributed by atoms with Gasteiger partial charge < -0.3 is 15.2 Å². The summed E-state index contributed by atoms with van der Waals surface area (Å²) in [5, 5.41) is 11.4. The molecule has 0 aliphatic heterocycles. The summed E-state index contributed by atoms with van der Waals surface area (Å²) in [6.45, 7) is 0. The maximum absolute atomic E-state index is 11.9. The number of amides is 1. The molecule has 2 rings (SSSR count). The number of carboxylic acids is 1. The highest BCUT2D eigenvalue weighted by molar-refractivity contribution is 5.92. The van der Waals surface area contributed by atoms with Gasteiger partial charge in [0.1, 0.15) is 11.6 Å². The van der Waals surface area contributed by atoms with Crippen LogP contribution in [0.4, 0.5) is 5.69 Å². The van der Waals surface area contributed by atoms with Crippen LogP contribution in [0.3, 0.4) is 0 Å². The molecule has 108 valence electrons. The van der Waals surface area contributed by atoms with Crippen LogP contribution < -0.4 is 10.1 Å². The topological polar surface area (TPSA) is 101 Å². The summed E-state index contributed by atoms with van der Waals surface area (Å²) in [6, 6.07) is 6.94. The Morgan fingerprint density at radius 1 is 1.29 bits per heavy atom. The zero-order chi connectivity index (χ0) is 15.2. The molecule has 2 aromatic rings. The van der Waals surface area contributed by atoms with Gasteiger partial charge in [-0.3, -0.25) is 4.79 Å². The van der Waals surface area contributed by atoms with Crippen molar-refractivity contribution in [3.05, 3.63) is 48.0 Å². The first-order valence-corrected chi connectivity index (χ1v) is 6.06. The fourth-order valence-corrected chi connectivity index (χ4v) is 1.61. The molecule has 1 heterocycles. The summed E-state index contributed by atoms with van der Waals surface area (Å²) >= 11 is 0. The first-order chi connectivity index (χ1) is 10.1. The van der Waals surface area contributed by atoms with E-state index in [1.165, 1.54) is 12.4 Å². The quantitative estimate of drug-likeness (QED) is 0.861. The maximum Gasteiger partial charge on any atom is 0.338 e. The lowest BCUT2D eigenvalue weighted by Gasteiger charge is -2.06. The Morgan fingerprint density at radius 3 is 2.62 bits per heavy atom. The molecule has 0 saturated heterocycles. The highest BCUT2D eigenvalue weighted by Crippen LogP contribution is 2.16. The molecule has 0 radical (unpaired) electrons. The Bertz CT molecular complexity index is 656. The summed E-state index contributed by atoms with van der Waals surface area (Å²) in [4.78, 5) is 30.2. The van der Waals surface area contributed by atoms with Crippen LogP contribution in [-0.4, -0.2) is 34.1 Å². The zero-order valence-electron chi connectivity index (χ0n) is 11.2. The normalized spacial score (nSPS) is 9.95. The lowest BCUT2D eigenvalue weighted by atomic mass is 10.2. The van der Waals surface area contributed by atoms with Gasteiger partial charge in [-0.25, -0.2) is 14.8 Å². The van der Waals surface area contributed by atoms with Gasteiger partial charge in [0, 0.05) is 24.1 Å². The van der Waals surface area contributed by atoms with Crippen molar-refractivity contribution in [2.45, 2.75) is 6.42 Å². The second kappa shape index (κ2) is 6.47. The summed E-state index contributed by atoms with van der Waals surface area (Å²) < 4.78 is 5.06. The molecule has 0 aliphatic rings. The number of benzene rings is 1. The van der Waals surface area contributed by atoms with Crippen LogP contribution in [0.15, 0.2) is 36.7 Å². The van der Waals surface area contributed by atoms with Crippen molar-refractivity contribution in [3.63, 3.8) is 0 Å². The van der Waals surface area contributed by atoms with Crippen LogP contribution in [0.5, 0.6) is 5.75 Å². The van der Waals surface area contributed by atoms with Crippen molar-refractivity contribution in [1.29, 1.82) is 0 Å². The molecule has 0 aliphatic carbocycles. The molecule has 0 atom stereocenters. The number of nitrogens with zero attached hydrogens (tertiary/aromatic N) is 2. The molecule has 0 fully saturated rings. The van der Waals surface area contributed by atoms with Gasteiger partial charge in [0.25, 0.3) is 0 Å². The van der Waals surface area contributed by atoms with Crippen LogP contribution in [0, 0.1) is 0 Å². The number of hydrogen-bond donors (Lipinski definition) is 2. The molecule has 1 aromatic carbocycles. The first kappa shape index (κ1) is 14.4. The minimum absolute atomic E-state index is 0.0213. The average molecular weight is 287 g/mol. The van der Waals surface area contributed by atoms with Crippen molar-refractivity contribution in [2.75, 3.05) is 12.4 Å². The second-order valence-corrected chi connectivity index (χ2v) is 4.15. The number of carboxylic acid groups (broad SMARTS) is 1. The third-order valence-electron chi connectivity index (χ3n) is 2.62. The third-order valence-corrected chi connectivity index (χ3v) is 2.62. The van der Waals surface area contributed by atoms with Gasteiger partial charge in [-0.1, -0.05) is 6.07 Å². The number of ether oxygens (including phenoxy) is 1. The Balaban J connectivity index is 1.99. The van der Waals surface area contributed by atoms with E-state index >= 15 is 0 Å². The molecule has 2 N–H and O–H groups in total. The van der Waals surface area contributed by atoms with E-state index in [1.807, 2.05) is 0 Å². The minimum atomic E-state index is -1.11. The van der Waals surface area contributed by atoms with Gasteiger partial charge in [0.05, 0.1) is 19.1 Å². The van der Waals surface area contributed by atoms with E-state index in [0.29, 0.717) is 11.4 Å². The summed E-state index contributed by atoms with van der Waals surface area (Å²) in [5.74, 6) is -0.524. The number of aromatic nitrogens is 2. The average Bonchev–Trinajstić information content (AvgIpc) is 2.47. The molecular formula is C14H13N3O4. The molecule has 1 amide bonds. The number of aromatic carboxylic acids is 1. The van der Waals surface area contributed by atoms with Crippen molar-refractivity contribution in [1.82, 2.24) is 9.97 Å². The van der Waals surface area contributed by atoms with E-state index in [-0.39, 0.29) is 23.7 Å². The van der Waals surface area contributed by atoms with Crippen LogP contribution in [-0.2, 0) is 11.2 Å².